The average Bonchev–Trinajstić information content (AvgIpc) is 2.13. The van der Waals surface area contributed by atoms with Crippen molar-refractivity contribution in [3.05, 3.63) is 16.2 Å². The molecule has 0 amide bonds. The van der Waals surface area contributed by atoms with Crippen molar-refractivity contribution in [1.82, 2.24) is 4.98 Å². The highest BCUT2D eigenvalue weighted by Crippen LogP contribution is 2.38. The zero-order valence-electron chi connectivity index (χ0n) is 8.19. The number of methoxy groups -OCH3 is 1. The molecule has 0 saturated heterocycles. The van der Waals surface area contributed by atoms with Crippen LogP contribution in [-0.2, 0) is 0 Å². The summed E-state index contributed by atoms with van der Waals surface area (Å²) in [5.41, 5.74) is -0.983. The topological polar surface area (TPSA) is 31.4 Å². The van der Waals surface area contributed by atoms with Crippen molar-refractivity contribution in [2.45, 2.75) is 12.8 Å². The van der Waals surface area contributed by atoms with E-state index in [0.717, 1.165) is 7.11 Å². The van der Waals surface area contributed by atoms with E-state index in [-0.39, 0.29) is 5.88 Å². The molecule has 1 rings (SSSR count). The summed E-state index contributed by atoms with van der Waals surface area (Å²) >= 11 is 2.63. The molecule has 0 aliphatic heterocycles. The molecule has 0 aliphatic rings. The lowest BCUT2D eigenvalue weighted by Gasteiger charge is -2.14. The largest absolute Gasteiger partial charge is 0.573 e. The lowest BCUT2D eigenvalue weighted by molar-refractivity contribution is -0.275. The molecular weight excluding hydrogens is 317 g/mol. The molecule has 0 fully saturated rings. The van der Waals surface area contributed by atoms with Crippen LogP contribution in [0.15, 0.2) is 10.7 Å². The second-order valence-corrected chi connectivity index (χ2v) is 3.47. The molecule has 0 spiro atoms. The van der Waals surface area contributed by atoms with Crippen molar-refractivity contribution in [1.29, 1.82) is 0 Å². The number of hydrogen-bond donors (Lipinski definition) is 0. The van der Waals surface area contributed by atoms with Crippen molar-refractivity contribution < 1.29 is 31.4 Å². The average molecular weight is 322 g/mol. The maximum Gasteiger partial charge on any atom is 0.573 e. The van der Waals surface area contributed by atoms with E-state index in [9.17, 15) is 22.0 Å². The van der Waals surface area contributed by atoms with Crippen molar-refractivity contribution in [3.8, 4) is 11.6 Å². The third-order valence-corrected chi connectivity index (χ3v) is 2.21. The minimum atomic E-state index is -5.07. The third-order valence-electron chi connectivity index (χ3n) is 1.60. The summed E-state index contributed by atoms with van der Waals surface area (Å²) in [6, 6.07) is 0.639. The first-order valence-corrected chi connectivity index (χ1v) is 4.82. The minimum absolute atomic E-state index is 0.277. The van der Waals surface area contributed by atoms with Gasteiger partial charge in [-0.1, -0.05) is 0 Å². The van der Waals surface area contributed by atoms with Gasteiger partial charge < -0.3 is 9.47 Å². The third kappa shape index (κ3) is 3.69. The molecule has 1 heterocycles. The first-order chi connectivity index (χ1) is 7.74. The molecule has 0 N–H and O–H groups in total. The molecule has 3 nitrogen and oxygen atoms in total. The Morgan fingerprint density at radius 3 is 2.35 bits per heavy atom. The molecule has 1 aromatic rings. The predicted molar refractivity (Wildman–Crippen MR) is 50.1 cm³/mol. The van der Waals surface area contributed by atoms with E-state index in [1.54, 1.807) is 0 Å². The fourth-order valence-electron chi connectivity index (χ4n) is 0.992. The van der Waals surface area contributed by atoms with E-state index in [4.69, 9.17) is 0 Å². The maximum atomic E-state index is 12.5. The number of ether oxygens (including phenoxy) is 2. The fourth-order valence-corrected chi connectivity index (χ4v) is 1.54. The molecule has 1 aromatic heterocycles. The Hall–Kier alpha value is -1.12. The van der Waals surface area contributed by atoms with E-state index in [1.165, 1.54) is 0 Å². The smallest absolute Gasteiger partial charge is 0.481 e. The van der Waals surface area contributed by atoms with Gasteiger partial charge in [0.05, 0.1) is 12.7 Å². The van der Waals surface area contributed by atoms with Gasteiger partial charge in [-0.05, 0) is 15.9 Å². The van der Waals surface area contributed by atoms with Crippen molar-refractivity contribution in [3.63, 3.8) is 0 Å². The summed E-state index contributed by atoms with van der Waals surface area (Å²) in [6.45, 7) is 0. The van der Waals surface area contributed by atoms with Crippen LogP contribution in [0.25, 0.3) is 0 Å². The van der Waals surface area contributed by atoms with Crippen LogP contribution in [0, 0.1) is 0 Å². The Morgan fingerprint density at radius 1 is 1.35 bits per heavy atom. The molecule has 0 aliphatic carbocycles. The van der Waals surface area contributed by atoms with Gasteiger partial charge in [0.1, 0.15) is 10.4 Å². The van der Waals surface area contributed by atoms with E-state index < -0.39 is 28.7 Å². The van der Waals surface area contributed by atoms with Gasteiger partial charge in [0.25, 0.3) is 6.43 Å². The van der Waals surface area contributed by atoms with Crippen LogP contribution in [0.5, 0.6) is 11.6 Å². The Labute approximate surface area is 101 Å². The van der Waals surface area contributed by atoms with Gasteiger partial charge in [-0.2, -0.15) is 0 Å². The molecular formula is C8H5BrF5NO2. The maximum absolute atomic E-state index is 12.5. The van der Waals surface area contributed by atoms with E-state index in [2.05, 4.69) is 30.4 Å². The van der Waals surface area contributed by atoms with Crippen molar-refractivity contribution in [2.24, 2.45) is 0 Å². The van der Waals surface area contributed by atoms with Crippen LogP contribution in [0.3, 0.4) is 0 Å². The summed E-state index contributed by atoms with van der Waals surface area (Å²) in [7, 11) is 1.13. The first-order valence-electron chi connectivity index (χ1n) is 4.03. The second-order valence-electron chi connectivity index (χ2n) is 2.72. The highest BCUT2D eigenvalue weighted by molar-refractivity contribution is 9.10. The number of hydrogen-bond acceptors (Lipinski definition) is 3. The van der Waals surface area contributed by atoms with Crippen LogP contribution >= 0.6 is 15.9 Å². The van der Waals surface area contributed by atoms with Crippen LogP contribution in [0.4, 0.5) is 22.0 Å². The zero-order chi connectivity index (χ0) is 13.2. The fraction of sp³-hybridized carbons (Fsp3) is 0.375. The second kappa shape index (κ2) is 5.03. The molecule has 0 radical (unpaired) electrons. The molecule has 96 valence electrons. The minimum Gasteiger partial charge on any atom is -0.481 e. The molecule has 9 heteroatoms. The lowest BCUT2D eigenvalue weighted by Crippen LogP contribution is -2.18. The quantitative estimate of drug-likeness (QED) is 0.628. The number of aromatic nitrogens is 1. The SMILES string of the molecule is COc1cc(OC(F)(F)F)c(C(F)F)c(Br)n1. The lowest BCUT2D eigenvalue weighted by atomic mass is 10.2. The molecule has 0 saturated carbocycles. The van der Waals surface area contributed by atoms with Gasteiger partial charge in [0, 0.05) is 6.07 Å². The van der Waals surface area contributed by atoms with Crippen LogP contribution in [0.1, 0.15) is 12.0 Å². The van der Waals surface area contributed by atoms with Gasteiger partial charge >= 0.3 is 6.36 Å². The number of alkyl halides is 5. The van der Waals surface area contributed by atoms with Gasteiger partial charge in [0.2, 0.25) is 5.88 Å². The van der Waals surface area contributed by atoms with Gasteiger partial charge in [-0.15, -0.1) is 13.2 Å². The number of pyridine rings is 1. The van der Waals surface area contributed by atoms with Crippen molar-refractivity contribution in [2.75, 3.05) is 7.11 Å². The number of nitrogens with zero attached hydrogens (tertiary/aromatic N) is 1. The van der Waals surface area contributed by atoms with Gasteiger partial charge in [-0.3, -0.25) is 0 Å². The molecule has 17 heavy (non-hydrogen) atoms. The van der Waals surface area contributed by atoms with Gasteiger partial charge in [-0.25, -0.2) is 13.8 Å². The summed E-state index contributed by atoms with van der Waals surface area (Å²) in [5.74, 6) is -1.33. The van der Waals surface area contributed by atoms with Crippen LogP contribution in [-0.4, -0.2) is 18.5 Å². The summed E-state index contributed by atoms with van der Waals surface area (Å²) in [4.78, 5) is 3.47. The van der Waals surface area contributed by atoms with Crippen molar-refractivity contribution >= 4 is 15.9 Å². The normalized spacial score (nSPS) is 11.8. The Bertz CT molecular complexity index is 410. The Balaban J connectivity index is 3.27. The van der Waals surface area contributed by atoms with Crippen LogP contribution in [0.2, 0.25) is 0 Å². The Kier molecular flexibility index (Phi) is 4.12. The zero-order valence-corrected chi connectivity index (χ0v) is 9.77. The number of rotatable bonds is 3. The molecule has 0 atom stereocenters. The van der Waals surface area contributed by atoms with E-state index in [0.29, 0.717) is 6.07 Å². The summed E-state index contributed by atoms with van der Waals surface area (Å²) in [5, 5.41) is 0. The summed E-state index contributed by atoms with van der Waals surface area (Å²) < 4.78 is 68.7. The Morgan fingerprint density at radius 2 is 1.94 bits per heavy atom. The van der Waals surface area contributed by atoms with E-state index in [1.807, 2.05) is 0 Å². The monoisotopic (exact) mass is 321 g/mol. The van der Waals surface area contributed by atoms with E-state index >= 15 is 0 Å². The molecule has 0 aromatic carbocycles. The standard InChI is InChI=1S/C8H5BrF5NO2/c1-16-4-2-3(17-8(12,13)14)5(7(10)11)6(9)15-4/h2,7H,1H3. The molecule has 0 unspecified atom stereocenters. The first kappa shape index (κ1) is 13.9. The predicted octanol–water partition coefficient (Wildman–Crippen LogP) is 3.69. The highest BCUT2D eigenvalue weighted by atomic mass is 79.9. The molecule has 0 bridgehead atoms. The number of halogens is 6. The van der Waals surface area contributed by atoms with Crippen LogP contribution < -0.4 is 9.47 Å². The van der Waals surface area contributed by atoms with Gasteiger partial charge in [0.15, 0.2) is 0 Å². The highest BCUT2D eigenvalue weighted by Gasteiger charge is 2.34. The summed E-state index contributed by atoms with van der Waals surface area (Å²) in [6.07, 6.45) is -8.24.